The molecule has 1 heterocycles. The average Bonchev–Trinajstić information content (AvgIpc) is 2.85. The van der Waals surface area contributed by atoms with E-state index in [2.05, 4.69) is 15.9 Å². The van der Waals surface area contributed by atoms with Crippen LogP contribution in [0.1, 0.15) is 17.2 Å². The van der Waals surface area contributed by atoms with E-state index in [0.717, 1.165) is 10.0 Å². The third-order valence-corrected chi connectivity index (χ3v) is 3.28. The van der Waals surface area contributed by atoms with Crippen molar-refractivity contribution in [2.24, 2.45) is 0 Å². The molecule has 0 saturated heterocycles. The summed E-state index contributed by atoms with van der Waals surface area (Å²) in [6, 6.07) is 10.7. The fraction of sp³-hybridized carbons (Fsp3) is 0.231. The number of methoxy groups -OCH3 is 1. The molecule has 1 aromatic heterocycles. The minimum atomic E-state index is -0.424. The zero-order valence-corrected chi connectivity index (χ0v) is 11.8. The van der Waals surface area contributed by atoms with Crippen LogP contribution in [0.25, 0.3) is 0 Å². The second kappa shape index (κ2) is 5.88. The highest BCUT2D eigenvalue weighted by atomic mass is 79.9. The smallest absolute Gasteiger partial charge is 0.284 e. The number of halogens is 1. The second-order valence-electron chi connectivity index (χ2n) is 3.98. The molecule has 0 saturated carbocycles. The molecule has 0 N–H and O–H groups in total. The minimum Gasteiger partial charge on any atom is -0.468 e. The summed E-state index contributed by atoms with van der Waals surface area (Å²) < 4.78 is 11.3. The van der Waals surface area contributed by atoms with E-state index in [9.17, 15) is 10.1 Å². The van der Waals surface area contributed by atoms with E-state index >= 15 is 0 Å². The van der Waals surface area contributed by atoms with Crippen LogP contribution in [0, 0.1) is 10.1 Å². The summed E-state index contributed by atoms with van der Waals surface area (Å²) in [5, 5.41) is 10.8. The first-order valence-electron chi connectivity index (χ1n) is 5.61. The van der Waals surface area contributed by atoms with Crippen molar-refractivity contribution in [3.8, 4) is 5.95 Å². The van der Waals surface area contributed by atoms with Gasteiger partial charge in [0.05, 0.1) is 7.11 Å². The molecule has 0 amide bonds. The predicted octanol–water partition coefficient (Wildman–Crippen LogP) is 3.46. The molecule has 1 atom stereocenters. The van der Waals surface area contributed by atoms with Gasteiger partial charge in [-0.1, -0.05) is 28.1 Å². The average molecular weight is 326 g/mol. The van der Waals surface area contributed by atoms with E-state index in [4.69, 9.17) is 9.15 Å². The van der Waals surface area contributed by atoms with Crippen molar-refractivity contribution in [1.29, 1.82) is 0 Å². The number of hydrogen-bond acceptors (Lipinski definition) is 4. The number of nitro groups is 1. The molecule has 0 aliphatic heterocycles. The summed E-state index contributed by atoms with van der Waals surface area (Å²) in [4.78, 5) is 10.5. The summed E-state index contributed by atoms with van der Waals surface area (Å²) in [6.45, 7) is -0.224. The Morgan fingerprint density at radius 2 is 2.00 bits per heavy atom. The Bertz CT molecular complexity index is 564. The summed E-state index contributed by atoms with van der Waals surface area (Å²) in [6.07, 6.45) is 0. The largest absolute Gasteiger partial charge is 0.468 e. The van der Waals surface area contributed by atoms with Crippen LogP contribution in [0.2, 0.25) is 0 Å². The highest BCUT2D eigenvalue weighted by Crippen LogP contribution is 2.29. The first-order valence-corrected chi connectivity index (χ1v) is 6.40. The fourth-order valence-corrected chi connectivity index (χ4v) is 2.10. The lowest BCUT2D eigenvalue weighted by atomic mass is 9.97. The summed E-state index contributed by atoms with van der Waals surface area (Å²) in [7, 11) is 1.49. The molecule has 0 spiro atoms. The number of benzene rings is 1. The standard InChI is InChI=1S/C13H12BrNO4/c1-18-13-7-6-12(19-13)11(8-15(16)17)9-2-4-10(14)5-3-9/h2-7,11H,8H2,1H3/t11-/m1/s1. The van der Waals surface area contributed by atoms with E-state index in [1.54, 1.807) is 12.1 Å². The molecule has 100 valence electrons. The lowest BCUT2D eigenvalue weighted by molar-refractivity contribution is -0.482. The van der Waals surface area contributed by atoms with Gasteiger partial charge in [0.2, 0.25) is 6.54 Å². The van der Waals surface area contributed by atoms with E-state index < -0.39 is 5.92 Å². The zero-order valence-electron chi connectivity index (χ0n) is 10.2. The maximum atomic E-state index is 10.8. The Balaban J connectivity index is 2.34. The Kier molecular flexibility index (Phi) is 4.21. The highest BCUT2D eigenvalue weighted by molar-refractivity contribution is 9.10. The summed E-state index contributed by atoms with van der Waals surface area (Å²) in [5.41, 5.74) is 0.830. The van der Waals surface area contributed by atoms with Crippen LogP contribution in [-0.2, 0) is 0 Å². The Morgan fingerprint density at radius 1 is 1.32 bits per heavy atom. The molecule has 0 fully saturated rings. The van der Waals surface area contributed by atoms with Gasteiger partial charge in [-0.05, 0) is 23.8 Å². The Morgan fingerprint density at radius 3 is 2.53 bits per heavy atom. The van der Waals surface area contributed by atoms with Crippen LogP contribution in [0.3, 0.4) is 0 Å². The van der Waals surface area contributed by atoms with Gasteiger partial charge >= 0.3 is 0 Å². The number of nitrogens with zero attached hydrogens (tertiary/aromatic N) is 1. The number of rotatable bonds is 5. The monoisotopic (exact) mass is 325 g/mol. The van der Waals surface area contributed by atoms with E-state index in [-0.39, 0.29) is 11.5 Å². The quantitative estimate of drug-likeness (QED) is 0.623. The molecule has 2 aromatic rings. The SMILES string of the molecule is COc1ccc([C@H](C[N+](=O)[O-])c2ccc(Br)cc2)o1. The number of hydrogen-bond donors (Lipinski definition) is 0. The van der Waals surface area contributed by atoms with Gasteiger partial charge in [-0.15, -0.1) is 0 Å². The van der Waals surface area contributed by atoms with Gasteiger partial charge in [-0.25, -0.2) is 0 Å². The van der Waals surface area contributed by atoms with Crippen molar-refractivity contribution in [3.63, 3.8) is 0 Å². The molecule has 5 nitrogen and oxygen atoms in total. The van der Waals surface area contributed by atoms with Gasteiger partial charge in [0, 0.05) is 15.5 Å². The van der Waals surface area contributed by atoms with Crippen LogP contribution in [0.5, 0.6) is 5.95 Å². The maximum Gasteiger partial charge on any atom is 0.284 e. The van der Waals surface area contributed by atoms with Crippen molar-refractivity contribution < 1.29 is 14.1 Å². The Hall–Kier alpha value is -1.82. The first-order chi connectivity index (χ1) is 9.10. The molecular formula is C13H12BrNO4. The molecular weight excluding hydrogens is 314 g/mol. The van der Waals surface area contributed by atoms with Crippen molar-refractivity contribution in [2.45, 2.75) is 5.92 Å². The molecule has 19 heavy (non-hydrogen) atoms. The van der Waals surface area contributed by atoms with Crippen molar-refractivity contribution in [2.75, 3.05) is 13.7 Å². The molecule has 6 heteroatoms. The van der Waals surface area contributed by atoms with Gasteiger partial charge < -0.3 is 9.15 Å². The second-order valence-corrected chi connectivity index (χ2v) is 4.90. The van der Waals surface area contributed by atoms with Crippen LogP contribution in [0.4, 0.5) is 0 Å². The van der Waals surface area contributed by atoms with Crippen LogP contribution in [-0.4, -0.2) is 18.6 Å². The summed E-state index contributed by atoms with van der Waals surface area (Å²) in [5.74, 6) is 0.448. The van der Waals surface area contributed by atoms with Crippen LogP contribution in [0.15, 0.2) is 45.3 Å². The van der Waals surface area contributed by atoms with Crippen LogP contribution >= 0.6 is 15.9 Å². The summed E-state index contributed by atoms with van der Waals surface area (Å²) >= 11 is 3.34. The molecule has 0 bridgehead atoms. The van der Waals surface area contributed by atoms with Gasteiger partial charge in [0.15, 0.2) is 0 Å². The minimum absolute atomic E-state index is 0.224. The number of furan rings is 1. The topological polar surface area (TPSA) is 65.5 Å². The zero-order chi connectivity index (χ0) is 13.8. The highest BCUT2D eigenvalue weighted by Gasteiger charge is 2.23. The third-order valence-electron chi connectivity index (χ3n) is 2.75. The molecule has 1 aromatic carbocycles. The van der Waals surface area contributed by atoms with Gasteiger partial charge in [-0.2, -0.15) is 0 Å². The fourth-order valence-electron chi connectivity index (χ4n) is 1.84. The lowest BCUT2D eigenvalue weighted by Gasteiger charge is -2.10. The third kappa shape index (κ3) is 3.35. The number of ether oxygens (including phenoxy) is 1. The van der Waals surface area contributed by atoms with E-state index in [1.807, 2.05) is 24.3 Å². The van der Waals surface area contributed by atoms with Crippen molar-refractivity contribution >= 4 is 15.9 Å². The predicted molar refractivity (Wildman–Crippen MR) is 73.1 cm³/mol. The van der Waals surface area contributed by atoms with Crippen molar-refractivity contribution in [1.82, 2.24) is 0 Å². The first kappa shape index (κ1) is 13.6. The van der Waals surface area contributed by atoms with Gasteiger partial charge in [0.1, 0.15) is 11.7 Å². The van der Waals surface area contributed by atoms with Gasteiger partial charge in [0.25, 0.3) is 5.95 Å². The van der Waals surface area contributed by atoms with E-state index in [1.165, 1.54) is 7.11 Å². The van der Waals surface area contributed by atoms with Crippen LogP contribution < -0.4 is 4.74 Å². The lowest BCUT2D eigenvalue weighted by Crippen LogP contribution is -2.13. The van der Waals surface area contributed by atoms with E-state index in [0.29, 0.717) is 11.7 Å². The van der Waals surface area contributed by atoms with Crippen molar-refractivity contribution in [3.05, 3.63) is 62.3 Å². The van der Waals surface area contributed by atoms with Gasteiger partial charge in [-0.3, -0.25) is 10.1 Å². The molecule has 0 radical (unpaired) electrons. The normalized spacial score (nSPS) is 12.1. The molecule has 0 aliphatic carbocycles. The molecule has 0 unspecified atom stereocenters. The molecule has 0 aliphatic rings. The Labute approximate surface area is 118 Å². The molecule has 2 rings (SSSR count). The maximum absolute atomic E-state index is 10.8.